The summed E-state index contributed by atoms with van der Waals surface area (Å²) in [5.74, 6) is 0.972. The van der Waals surface area contributed by atoms with Crippen molar-refractivity contribution >= 4 is 17.8 Å². The van der Waals surface area contributed by atoms with Gasteiger partial charge in [0.2, 0.25) is 5.91 Å². The van der Waals surface area contributed by atoms with E-state index in [1.54, 1.807) is 17.9 Å². The van der Waals surface area contributed by atoms with Gasteiger partial charge in [0.05, 0.1) is 18.7 Å². The van der Waals surface area contributed by atoms with Gasteiger partial charge in [0.1, 0.15) is 11.6 Å². The molecule has 1 fully saturated rings. The first-order chi connectivity index (χ1) is 15.9. The van der Waals surface area contributed by atoms with Crippen LogP contribution in [0.3, 0.4) is 0 Å². The molecule has 33 heavy (non-hydrogen) atoms. The molecule has 3 aromatic rings. The van der Waals surface area contributed by atoms with Crippen LogP contribution in [-0.4, -0.2) is 34.9 Å². The number of urea groups is 1. The highest BCUT2D eigenvalue weighted by molar-refractivity contribution is 5.89. The van der Waals surface area contributed by atoms with Crippen molar-refractivity contribution in [1.82, 2.24) is 25.7 Å². The lowest BCUT2D eigenvalue weighted by molar-refractivity contribution is -0.130. The van der Waals surface area contributed by atoms with Crippen molar-refractivity contribution in [2.45, 2.75) is 32.7 Å². The molecule has 1 aliphatic rings. The number of nitrogens with one attached hydrogen (secondary N) is 4. The smallest absolute Gasteiger partial charge is 0.320 e. The van der Waals surface area contributed by atoms with Crippen LogP contribution in [-0.2, 0) is 11.3 Å². The third-order valence-electron chi connectivity index (χ3n) is 5.77. The van der Waals surface area contributed by atoms with Gasteiger partial charge in [-0.2, -0.15) is 5.10 Å². The Morgan fingerprint density at radius 3 is 2.52 bits per heavy atom. The Morgan fingerprint density at radius 1 is 1.12 bits per heavy atom. The van der Waals surface area contributed by atoms with Gasteiger partial charge < -0.3 is 15.4 Å². The minimum atomic E-state index is -0.585. The van der Waals surface area contributed by atoms with Gasteiger partial charge >= 0.3 is 6.03 Å². The predicted octanol–water partition coefficient (Wildman–Crippen LogP) is 3.08. The van der Waals surface area contributed by atoms with Crippen molar-refractivity contribution in [3.05, 3.63) is 66.2 Å². The third-order valence-corrected chi connectivity index (χ3v) is 5.77. The third kappa shape index (κ3) is 5.15. The van der Waals surface area contributed by atoms with E-state index in [2.05, 4.69) is 26.4 Å². The number of hydrogen-bond acceptors (Lipinski definition) is 5. The Morgan fingerprint density at radius 2 is 1.85 bits per heavy atom. The number of carbonyl (C=O) groups is 2. The van der Waals surface area contributed by atoms with Crippen LogP contribution in [0.25, 0.3) is 11.3 Å². The van der Waals surface area contributed by atoms with E-state index in [1.165, 1.54) is 0 Å². The van der Waals surface area contributed by atoms with Crippen molar-refractivity contribution in [3.63, 3.8) is 0 Å². The predicted molar refractivity (Wildman–Crippen MR) is 125 cm³/mol. The number of benzene rings is 2. The normalized spacial score (nSPS) is 20.1. The van der Waals surface area contributed by atoms with Crippen molar-refractivity contribution < 1.29 is 14.3 Å². The largest absolute Gasteiger partial charge is 0.497 e. The molecule has 3 atom stereocenters. The lowest BCUT2D eigenvalue weighted by atomic mass is 10.0. The molecule has 1 aromatic heterocycles. The maximum atomic E-state index is 12.7. The fourth-order valence-corrected chi connectivity index (χ4v) is 3.58. The Labute approximate surface area is 192 Å². The molecule has 9 heteroatoms. The SMILES string of the molecule is COc1ccc(CNC(=O)Nc2cc(-c3ccccc3)nn2C2NC(=O)C(C)C(C)N2)cc1. The van der Waals surface area contributed by atoms with E-state index in [-0.39, 0.29) is 23.9 Å². The molecule has 172 valence electrons. The summed E-state index contributed by atoms with van der Waals surface area (Å²) in [6, 6.07) is 18.5. The lowest BCUT2D eigenvalue weighted by Crippen LogP contribution is -2.57. The van der Waals surface area contributed by atoms with Crippen LogP contribution in [0.1, 0.15) is 25.7 Å². The molecule has 9 nitrogen and oxygen atoms in total. The zero-order chi connectivity index (χ0) is 23.4. The highest BCUT2D eigenvalue weighted by atomic mass is 16.5. The number of aromatic nitrogens is 2. The number of amides is 3. The van der Waals surface area contributed by atoms with Crippen LogP contribution in [0.15, 0.2) is 60.7 Å². The van der Waals surface area contributed by atoms with Gasteiger partial charge in [-0.1, -0.05) is 49.4 Å². The molecule has 4 rings (SSSR count). The lowest BCUT2D eigenvalue weighted by Gasteiger charge is -2.34. The second kappa shape index (κ2) is 9.74. The fraction of sp³-hybridized carbons (Fsp3) is 0.292. The number of methoxy groups -OCH3 is 1. The summed E-state index contributed by atoms with van der Waals surface area (Å²) in [4.78, 5) is 25.1. The molecule has 0 spiro atoms. The molecule has 2 heterocycles. The van der Waals surface area contributed by atoms with Gasteiger partial charge in [0.15, 0.2) is 6.29 Å². The number of rotatable bonds is 6. The maximum Gasteiger partial charge on any atom is 0.320 e. The Bertz CT molecular complexity index is 1110. The molecule has 3 unspecified atom stereocenters. The van der Waals surface area contributed by atoms with Crippen LogP contribution < -0.4 is 26.0 Å². The number of carbonyl (C=O) groups excluding carboxylic acids is 2. The van der Waals surface area contributed by atoms with E-state index in [9.17, 15) is 9.59 Å². The molecule has 1 saturated heterocycles. The number of ether oxygens (including phenoxy) is 1. The summed E-state index contributed by atoms with van der Waals surface area (Å²) < 4.78 is 6.75. The second-order valence-electron chi connectivity index (χ2n) is 8.04. The molecular weight excluding hydrogens is 420 g/mol. The van der Waals surface area contributed by atoms with Gasteiger partial charge in [-0.15, -0.1) is 0 Å². The average molecular weight is 449 g/mol. The standard InChI is InChI=1S/C24H28N6O3/c1-15-16(2)26-23(28-22(15)31)30-21(13-20(29-30)18-7-5-4-6-8-18)27-24(32)25-14-17-9-11-19(33-3)12-10-17/h4-13,15-16,23,26H,14H2,1-3H3,(H,28,31)(H2,25,27,32). The topological polar surface area (TPSA) is 109 Å². The van der Waals surface area contributed by atoms with Crippen LogP contribution in [0.5, 0.6) is 5.75 Å². The Kier molecular flexibility index (Phi) is 6.60. The first-order valence-electron chi connectivity index (χ1n) is 10.8. The van der Waals surface area contributed by atoms with E-state index in [0.717, 1.165) is 16.9 Å². The van der Waals surface area contributed by atoms with Gasteiger partial charge in [-0.25, -0.2) is 9.48 Å². The molecule has 2 aromatic carbocycles. The van der Waals surface area contributed by atoms with Crippen molar-refractivity contribution in [2.75, 3.05) is 12.4 Å². The summed E-state index contributed by atoms with van der Waals surface area (Å²) in [7, 11) is 1.61. The van der Waals surface area contributed by atoms with Gasteiger partial charge in [-0.3, -0.25) is 15.4 Å². The van der Waals surface area contributed by atoms with Gasteiger partial charge in [-0.05, 0) is 24.6 Å². The van der Waals surface area contributed by atoms with Crippen molar-refractivity contribution in [2.24, 2.45) is 5.92 Å². The summed E-state index contributed by atoms with van der Waals surface area (Å²) in [6.45, 7) is 4.17. The molecular formula is C24H28N6O3. The highest BCUT2D eigenvalue weighted by Crippen LogP contribution is 2.25. The zero-order valence-electron chi connectivity index (χ0n) is 18.8. The first-order valence-corrected chi connectivity index (χ1v) is 10.8. The first kappa shape index (κ1) is 22.3. The second-order valence-corrected chi connectivity index (χ2v) is 8.04. The van der Waals surface area contributed by atoms with E-state index in [0.29, 0.717) is 18.1 Å². The van der Waals surface area contributed by atoms with Crippen LogP contribution in [0.2, 0.25) is 0 Å². The summed E-state index contributed by atoms with van der Waals surface area (Å²) >= 11 is 0. The minimum absolute atomic E-state index is 0.0510. The van der Waals surface area contributed by atoms with Crippen molar-refractivity contribution in [1.29, 1.82) is 0 Å². The van der Waals surface area contributed by atoms with E-state index < -0.39 is 6.29 Å². The fourth-order valence-electron chi connectivity index (χ4n) is 3.58. The summed E-state index contributed by atoms with van der Waals surface area (Å²) in [5, 5.41) is 16.7. The van der Waals surface area contributed by atoms with Crippen LogP contribution in [0.4, 0.5) is 10.6 Å². The quantitative estimate of drug-likeness (QED) is 0.463. The zero-order valence-corrected chi connectivity index (χ0v) is 18.8. The van der Waals surface area contributed by atoms with Crippen LogP contribution in [0, 0.1) is 5.92 Å². The van der Waals surface area contributed by atoms with Gasteiger partial charge in [0, 0.05) is 24.2 Å². The summed E-state index contributed by atoms with van der Waals surface area (Å²) in [5.41, 5.74) is 2.53. The molecule has 0 radical (unpaired) electrons. The minimum Gasteiger partial charge on any atom is -0.497 e. The van der Waals surface area contributed by atoms with E-state index in [4.69, 9.17) is 4.74 Å². The Hall–Kier alpha value is -3.85. The highest BCUT2D eigenvalue weighted by Gasteiger charge is 2.32. The molecule has 4 N–H and O–H groups in total. The maximum absolute atomic E-state index is 12.7. The number of hydrogen-bond donors (Lipinski definition) is 4. The molecule has 0 aliphatic carbocycles. The van der Waals surface area contributed by atoms with Crippen molar-refractivity contribution in [3.8, 4) is 17.0 Å². The molecule has 0 bridgehead atoms. The monoisotopic (exact) mass is 448 g/mol. The van der Waals surface area contributed by atoms with E-state index >= 15 is 0 Å². The number of anilines is 1. The van der Waals surface area contributed by atoms with Gasteiger partial charge in [0.25, 0.3) is 0 Å². The van der Waals surface area contributed by atoms with Crippen LogP contribution >= 0.6 is 0 Å². The average Bonchev–Trinajstić information content (AvgIpc) is 3.25. The molecule has 3 amide bonds. The molecule has 0 saturated carbocycles. The molecule has 1 aliphatic heterocycles. The number of nitrogens with zero attached hydrogens (tertiary/aromatic N) is 2. The Balaban J connectivity index is 1.53. The summed E-state index contributed by atoms with van der Waals surface area (Å²) in [6.07, 6.45) is -0.585. The van der Waals surface area contributed by atoms with E-state index in [1.807, 2.05) is 68.4 Å².